The maximum Gasteiger partial charge on any atom is 0.300 e. The predicted molar refractivity (Wildman–Crippen MR) is 116 cm³/mol. The number of aliphatic hydroxyl groups excluding tert-OH is 1. The van der Waals surface area contributed by atoms with Crippen molar-refractivity contribution >= 4 is 40.4 Å². The summed E-state index contributed by atoms with van der Waals surface area (Å²) in [7, 11) is 0. The van der Waals surface area contributed by atoms with Crippen molar-refractivity contribution in [1.29, 1.82) is 0 Å². The Morgan fingerprint density at radius 2 is 1.62 bits per heavy atom. The number of rotatable bonds is 4. The number of hydrogen-bond donors (Lipinski definition) is 1. The van der Waals surface area contributed by atoms with Gasteiger partial charge >= 0.3 is 0 Å². The minimum atomic E-state index is -1.31. The number of amides is 1. The SMILES string of the molecule is O=C1C(=O)N(c2ccc(F)cc2)[C@@H](c2ccccc2[N+](=O)[O-])/C1=C(\O)c1ccc(Cl)cc1. The van der Waals surface area contributed by atoms with Gasteiger partial charge in [-0.25, -0.2) is 4.39 Å². The third-order valence-corrected chi connectivity index (χ3v) is 5.35. The molecule has 1 saturated heterocycles. The summed E-state index contributed by atoms with van der Waals surface area (Å²) in [5.41, 5.74) is -0.289. The van der Waals surface area contributed by atoms with Gasteiger partial charge in [0, 0.05) is 22.3 Å². The van der Waals surface area contributed by atoms with Gasteiger partial charge in [-0.15, -0.1) is 0 Å². The second-order valence-corrected chi connectivity index (χ2v) is 7.40. The number of benzene rings is 3. The highest BCUT2D eigenvalue weighted by Crippen LogP contribution is 2.44. The number of nitro benzene ring substituents is 1. The molecule has 0 unspecified atom stereocenters. The lowest BCUT2D eigenvalue weighted by Crippen LogP contribution is -2.29. The fourth-order valence-corrected chi connectivity index (χ4v) is 3.77. The van der Waals surface area contributed by atoms with E-state index in [2.05, 4.69) is 0 Å². The summed E-state index contributed by atoms with van der Waals surface area (Å²) >= 11 is 5.89. The number of nitro groups is 1. The van der Waals surface area contributed by atoms with Crippen molar-refractivity contribution in [3.8, 4) is 0 Å². The Labute approximate surface area is 186 Å². The molecule has 7 nitrogen and oxygen atoms in total. The summed E-state index contributed by atoms with van der Waals surface area (Å²) in [6.07, 6.45) is 0. The smallest absolute Gasteiger partial charge is 0.300 e. The standard InChI is InChI=1S/C23H14ClFN2O5/c24-14-7-5-13(6-8-14)21(28)19-20(17-3-1-2-4-18(17)27(31)32)26(23(30)22(19)29)16-11-9-15(25)10-12-16/h1-12,20,28H/b21-19+/t20-/m0/s1. The van der Waals surface area contributed by atoms with E-state index in [1.807, 2.05) is 0 Å². The average Bonchev–Trinajstić information content (AvgIpc) is 3.05. The summed E-state index contributed by atoms with van der Waals surface area (Å²) in [6, 6.07) is 15.0. The summed E-state index contributed by atoms with van der Waals surface area (Å²) < 4.78 is 13.5. The van der Waals surface area contributed by atoms with Crippen molar-refractivity contribution in [1.82, 2.24) is 0 Å². The van der Waals surface area contributed by atoms with Gasteiger partial charge in [-0.2, -0.15) is 0 Å². The number of para-hydroxylation sites is 1. The van der Waals surface area contributed by atoms with Gasteiger partial charge in [0.2, 0.25) is 0 Å². The largest absolute Gasteiger partial charge is 0.507 e. The topological polar surface area (TPSA) is 101 Å². The molecule has 32 heavy (non-hydrogen) atoms. The third-order valence-electron chi connectivity index (χ3n) is 5.09. The van der Waals surface area contributed by atoms with Gasteiger partial charge in [-0.3, -0.25) is 24.6 Å². The molecule has 9 heteroatoms. The van der Waals surface area contributed by atoms with E-state index in [9.17, 15) is 29.2 Å². The summed E-state index contributed by atoms with van der Waals surface area (Å²) in [5.74, 6) is -3.10. The molecule has 1 amide bonds. The Kier molecular flexibility index (Phi) is 5.46. The van der Waals surface area contributed by atoms with Crippen molar-refractivity contribution < 1.29 is 24.0 Å². The average molecular weight is 453 g/mol. The van der Waals surface area contributed by atoms with E-state index in [0.29, 0.717) is 5.02 Å². The Morgan fingerprint density at radius 1 is 1.00 bits per heavy atom. The van der Waals surface area contributed by atoms with Crippen molar-refractivity contribution in [2.45, 2.75) is 6.04 Å². The van der Waals surface area contributed by atoms with Crippen LogP contribution in [-0.4, -0.2) is 21.7 Å². The number of halogens is 2. The molecule has 0 spiro atoms. The molecule has 1 N–H and O–H groups in total. The summed E-state index contributed by atoms with van der Waals surface area (Å²) in [6.45, 7) is 0. The van der Waals surface area contributed by atoms with Crippen molar-refractivity contribution in [2.75, 3.05) is 4.90 Å². The molecule has 3 aromatic rings. The van der Waals surface area contributed by atoms with Gasteiger partial charge in [0.15, 0.2) is 0 Å². The van der Waals surface area contributed by atoms with Crippen LogP contribution >= 0.6 is 11.6 Å². The van der Waals surface area contributed by atoms with Crippen LogP contribution in [0.4, 0.5) is 15.8 Å². The molecule has 0 aromatic heterocycles. The van der Waals surface area contributed by atoms with E-state index < -0.39 is 34.2 Å². The number of aliphatic hydroxyl groups is 1. The maximum atomic E-state index is 13.5. The number of carbonyl (C=O) groups is 2. The van der Waals surface area contributed by atoms with Crippen LogP contribution in [0.5, 0.6) is 0 Å². The van der Waals surface area contributed by atoms with Crippen molar-refractivity contribution in [2.24, 2.45) is 0 Å². The lowest BCUT2D eigenvalue weighted by molar-refractivity contribution is -0.385. The number of ketones is 1. The maximum absolute atomic E-state index is 13.5. The van der Waals surface area contributed by atoms with Crippen LogP contribution in [0.3, 0.4) is 0 Å². The number of anilines is 1. The van der Waals surface area contributed by atoms with E-state index >= 15 is 0 Å². The molecule has 0 bridgehead atoms. The van der Waals surface area contributed by atoms with E-state index in [1.165, 1.54) is 60.7 Å². The van der Waals surface area contributed by atoms with E-state index in [0.717, 1.165) is 17.0 Å². The van der Waals surface area contributed by atoms with E-state index in [4.69, 9.17) is 11.6 Å². The molecule has 1 atom stereocenters. The van der Waals surface area contributed by atoms with Crippen LogP contribution in [-0.2, 0) is 9.59 Å². The Bertz CT molecular complexity index is 1270. The molecular formula is C23H14ClFN2O5. The molecule has 1 fully saturated rings. The zero-order valence-corrected chi connectivity index (χ0v) is 17.0. The van der Waals surface area contributed by atoms with Gasteiger partial charge in [-0.05, 0) is 54.6 Å². The number of hydrogen-bond acceptors (Lipinski definition) is 5. The molecule has 0 saturated carbocycles. The monoisotopic (exact) mass is 452 g/mol. The van der Waals surface area contributed by atoms with Crippen molar-refractivity contribution in [3.63, 3.8) is 0 Å². The van der Waals surface area contributed by atoms with Gasteiger partial charge in [-0.1, -0.05) is 23.7 Å². The normalized spacial score (nSPS) is 17.6. The fraction of sp³-hybridized carbons (Fsp3) is 0.0435. The predicted octanol–water partition coefficient (Wildman–Crippen LogP) is 5.01. The molecule has 0 aliphatic carbocycles. The van der Waals surface area contributed by atoms with Crippen LogP contribution in [0.15, 0.2) is 78.4 Å². The second-order valence-electron chi connectivity index (χ2n) is 6.97. The first kappa shape index (κ1) is 21.2. The zero-order chi connectivity index (χ0) is 23.0. The lowest BCUT2D eigenvalue weighted by Gasteiger charge is -2.25. The third kappa shape index (κ3) is 3.61. The first-order valence-electron chi connectivity index (χ1n) is 9.35. The van der Waals surface area contributed by atoms with E-state index in [1.54, 1.807) is 0 Å². The highest BCUT2D eigenvalue weighted by atomic mass is 35.5. The first-order valence-corrected chi connectivity index (χ1v) is 9.73. The molecule has 1 aliphatic rings. The van der Waals surface area contributed by atoms with Gasteiger partial charge in [0.1, 0.15) is 17.6 Å². The second kappa shape index (κ2) is 8.24. The molecule has 4 rings (SSSR count). The minimum Gasteiger partial charge on any atom is -0.507 e. The number of nitrogens with zero attached hydrogens (tertiary/aromatic N) is 2. The molecule has 160 valence electrons. The molecule has 1 heterocycles. The van der Waals surface area contributed by atoms with Crippen LogP contribution in [0.1, 0.15) is 17.2 Å². The van der Waals surface area contributed by atoms with Gasteiger partial charge < -0.3 is 5.11 Å². The number of Topliss-reactive ketones (excluding diaryl/α,β-unsaturated/α-hetero) is 1. The quantitative estimate of drug-likeness (QED) is 0.197. The highest BCUT2D eigenvalue weighted by molar-refractivity contribution is 6.51. The van der Waals surface area contributed by atoms with Crippen LogP contribution in [0, 0.1) is 15.9 Å². The fourth-order valence-electron chi connectivity index (χ4n) is 3.64. The molecule has 3 aromatic carbocycles. The van der Waals surface area contributed by atoms with Gasteiger partial charge in [0.25, 0.3) is 17.4 Å². The van der Waals surface area contributed by atoms with Crippen LogP contribution < -0.4 is 4.90 Å². The Morgan fingerprint density at radius 3 is 2.25 bits per heavy atom. The Hall–Kier alpha value is -4.04. The summed E-state index contributed by atoms with van der Waals surface area (Å²) in [4.78, 5) is 38.1. The van der Waals surface area contributed by atoms with Gasteiger partial charge in [0.05, 0.1) is 16.1 Å². The van der Waals surface area contributed by atoms with Crippen molar-refractivity contribution in [3.05, 3.63) is 110 Å². The molecule has 0 radical (unpaired) electrons. The van der Waals surface area contributed by atoms with Crippen LogP contribution in [0.25, 0.3) is 5.76 Å². The highest BCUT2D eigenvalue weighted by Gasteiger charge is 2.48. The zero-order valence-electron chi connectivity index (χ0n) is 16.2. The lowest BCUT2D eigenvalue weighted by atomic mass is 9.94. The number of carbonyl (C=O) groups excluding carboxylic acids is 2. The van der Waals surface area contributed by atoms with E-state index in [-0.39, 0.29) is 28.1 Å². The molecule has 1 aliphatic heterocycles. The molecular weight excluding hydrogens is 439 g/mol. The minimum absolute atomic E-state index is 0.0246. The van der Waals surface area contributed by atoms with Crippen LogP contribution in [0.2, 0.25) is 5.02 Å². The summed E-state index contributed by atoms with van der Waals surface area (Å²) in [5, 5.41) is 23.1. The Balaban J connectivity index is 2.00. The first-order chi connectivity index (χ1) is 15.3.